The van der Waals surface area contributed by atoms with E-state index in [-0.39, 0.29) is 6.07 Å². The second-order valence-electron chi connectivity index (χ2n) is 3.03. The fourth-order valence-electron chi connectivity index (χ4n) is 1.13. The summed E-state index contributed by atoms with van der Waals surface area (Å²) >= 11 is 5.15. The average molecular weight is 296 g/mol. The van der Waals surface area contributed by atoms with Gasteiger partial charge in [-0.05, 0) is 0 Å². The largest absolute Gasteiger partial charge is 0.574 e. The monoisotopic (exact) mass is 295 g/mol. The summed E-state index contributed by atoms with van der Waals surface area (Å²) in [6, 6.07) is 0.0343. The summed E-state index contributed by atoms with van der Waals surface area (Å²) in [7, 11) is 0. The van der Waals surface area contributed by atoms with Gasteiger partial charge in [0, 0.05) is 11.6 Å². The number of H-pyrrole nitrogens is 1. The van der Waals surface area contributed by atoms with Crippen LogP contribution in [-0.4, -0.2) is 11.3 Å². The van der Waals surface area contributed by atoms with Gasteiger partial charge in [-0.25, -0.2) is 0 Å². The summed E-state index contributed by atoms with van der Waals surface area (Å²) in [6.45, 7) is 0. The fourth-order valence-corrected chi connectivity index (χ4v) is 1.39. The Kier molecular flexibility index (Phi) is 3.84. The first-order valence-corrected chi connectivity index (χ1v) is 4.73. The van der Waals surface area contributed by atoms with Crippen molar-refractivity contribution in [1.29, 1.82) is 0 Å². The molecule has 0 aliphatic heterocycles. The second-order valence-corrected chi connectivity index (χ2v) is 3.30. The molecule has 0 spiro atoms. The maximum absolute atomic E-state index is 12.5. The van der Waals surface area contributed by atoms with Crippen molar-refractivity contribution in [3.05, 3.63) is 27.5 Å². The summed E-state index contributed by atoms with van der Waals surface area (Å²) in [6.07, 6.45) is -10.2. The topological polar surface area (TPSA) is 42.1 Å². The van der Waals surface area contributed by atoms with Gasteiger partial charge in [-0.3, -0.25) is 9.78 Å². The summed E-state index contributed by atoms with van der Waals surface area (Å²) in [4.78, 5) is 12.7. The van der Waals surface area contributed by atoms with Gasteiger partial charge in [-0.15, -0.1) is 24.8 Å². The first-order chi connectivity index (χ1) is 8.04. The molecule has 0 aliphatic carbocycles. The van der Waals surface area contributed by atoms with E-state index in [1.54, 1.807) is 0 Å². The number of alkyl halides is 7. The number of rotatable bonds is 2. The van der Waals surface area contributed by atoms with Gasteiger partial charge in [0.15, 0.2) is 0 Å². The van der Waals surface area contributed by atoms with Crippen molar-refractivity contribution in [2.24, 2.45) is 0 Å². The number of nitrogens with one attached hydrogen (secondary N) is 1. The molecule has 1 aromatic rings. The molecule has 0 bridgehead atoms. The highest BCUT2D eigenvalue weighted by atomic mass is 35.5. The maximum Gasteiger partial charge on any atom is 0.574 e. The molecule has 1 heterocycles. The third kappa shape index (κ3) is 3.56. The molecule has 0 fully saturated rings. The van der Waals surface area contributed by atoms with E-state index >= 15 is 0 Å². The number of halogens is 7. The first-order valence-electron chi connectivity index (χ1n) is 4.19. The molecule has 0 aliphatic rings. The van der Waals surface area contributed by atoms with Crippen molar-refractivity contribution in [2.45, 2.75) is 18.4 Å². The minimum Gasteiger partial charge on any atom is -0.390 e. The van der Waals surface area contributed by atoms with Gasteiger partial charge in [-0.1, -0.05) is 0 Å². The number of ether oxygens (including phenoxy) is 1. The normalized spacial score (nSPS) is 12.6. The summed E-state index contributed by atoms with van der Waals surface area (Å²) in [5.74, 6) is -2.15. The Morgan fingerprint density at radius 2 is 1.78 bits per heavy atom. The molecule has 102 valence electrons. The summed E-state index contributed by atoms with van der Waals surface area (Å²) < 4.78 is 76.2. The smallest absolute Gasteiger partial charge is 0.390 e. The Balaban J connectivity index is 3.36. The molecule has 18 heavy (non-hydrogen) atoms. The van der Waals surface area contributed by atoms with Crippen LogP contribution in [0.5, 0.6) is 5.88 Å². The third-order valence-corrected chi connectivity index (χ3v) is 2.04. The van der Waals surface area contributed by atoms with Gasteiger partial charge < -0.3 is 4.74 Å². The zero-order chi connectivity index (χ0) is 14.1. The molecule has 0 radical (unpaired) electrons. The van der Waals surface area contributed by atoms with Gasteiger partial charge in [0.05, 0.1) is 11.4 Å². The molecule has 1 rings (SSSR count). The first kappa shape index (κ1) is 14.7. The standard InChI is InChI=1S/C8H4ClF6NO2/c9-2-3-4(7(10,11)12)1-5(16-6(3)17)18-8(13,14)15/h1H,2H2,(H,16,17). The van der Waals surface area contributed by atoms with Gasteiger partial charge in [0.2, 0.25) is 5.88 Å². The Morgan fingerprint density at radius 3 is 2.17 bits per heavy atom. The molecular weight excluding hydrogens is 292 g/mol. The Labute approximate surface area is 100 Å². The maximum atomic E-state index is 12.5. The summed E-state index contributed by atoms with van der Waals surface area (Å²) in [5, 5.41) is 0. The second kappa shape index (κ2) is 4.71. The highest BCUT2D eigenvalue weighted by molar-refractivity contribution is 6.17. The van der Waals surface area contributed by atoms with Crippen molar-refractivity contribution in [2.75, 3.05) is 0 Å². The lowest BCUT2D eigenvalue weighted by atomic mass is 10.1. The fraction of sp³-hybridized carbons (Fsp3) is 0.375. The van der Waals surface area contributed by atoms with Crippen LogP contribution in [0.1, 0.15) is 11.1 Å². The molecule has 1 N–H and O–H groups in total. The molecule has 10 heteroatoms. The molecule has 0 aromatic carbocycles. The van der Waals surface area contributed by atoms with E-state index in [2.05, 4.69) is 4.74 Å². The van der Waals surface area contributed by atoms with Gasteiger partial charge in [0.25, 0.3) is 5.56 Å². The van der Waals surface area contributed by atoms with Crippen LogP contribution in [0.25, 0.3) is 0 Å². The Hall–Kier alpha value is -1.38. The van der Waals surface area contributed by atoms with Crippen LogP contribution in [0.2, 0.25) is 0 Å². The molecule has 0 saturated heterocycles. The van der Waals surface area contributed by atoms with Crippen molar-refractivity contribution >= 4 is 11.6 Å². The molecule has 0 saturated carbocycles. The number of hydrogen-bond acceptors (Lipinski definition) is 2. The van der Waals surface area contributed by atoms with Crippen LogP contribution in [-0.2, 0) is 12.1 Å². The van der Waals surface area contributed by atoms with Crippen LogP contribution < -0.4 is 10.3 Å². The van der Waals surface area contributed by atoms with E-state index < -0.39 is 41.0 Å². The van der Waals surface area contributed by atoms with E-state index in [1.165, 1.54) is 4.98 Å². The van der Waals surface area contributed by atoms with Crippen molar-refractivity contribution in [3.8, 4) is 5.88 Å². The number of aromatic amines is 1. The summed E-state index contributed by atoms with van der Waals surface area (Å²) in [5.41, 5.74) is -3.83. The van der Waals surface area contributed by atoms with Crippen molar-refractivity contribution in [1.82, 2.24) is 4.98 Å². The van der Waals surface area contributed by atoms with Gasteiger partial charge >= 0.3 is 12.5 Å². The minimum absolute atomic E-state index is 0.0343. The SMILES string of the molecule is O=c1[nH]c(OC(F)(F)F)cc(C(F)(F)F)c1CCl. The van der Waals surface area contributed by atoms with Crippen LogP contribution in [0, 0.1) is 0 Å². The lowest BCUT2D eigenvalue weighted by molar-refractivity contribution is -0.276. The Morgan fingerprint density at radius 1 is 1.22 bits per heavy atom. The van der Waals surface area contributed by atoms with Gasteiger partial charge in [0.1, 0.15) is 0 Å². The third-order valence-electron chi connectivity index (χ3n) is 1.78. The molecule has 3 nitrogen and oxygen atoms in total. The van der Waals surface area contributed by atoms with Crippen LogP contribution >= 0.6 is 11.6 Å². The zero-order valence-corrected chi connectivity index (χ0v) is 9.00. The molecule has 0 unspecified atom stereocenters. The lowest BCUT2D eigenvalue weighted by Gasteiger charge is -2.13. The van der Waals surface area contributed by atoms with Crippen molar-refractivity contribution in [3.63, 3.8) is 0 Å². The number of aromatic nitrogens is 1. The highest BCUT2D eigenvalue weighted by Crippen LogP contribution is 2.33. The van der Waals surface area contributed by atoms with Crippen LogP contribution in [0.3, 0.4) is 0 Å². The molecule has 1 aromatic heterocycles. The number of hydrogen-bond donors (Lipinski definition) is 1. The quantitative estimate of drug-likeness (QED) is 0.673. The Bertz CT molecular complexity index is 492. The predicted octanol–water partition coefficient (Wildman–Crippen LogP) is 3.03. The highest BCUT2D eigenvalue weighted by Gasteiger charge is 2.37. The van der Waals surface area contributed by atoms with E-state index in [0.29, 0.717) is 0 Å². The van der Waals surface area contributed by atoms with E-state index in [9.17, 15) is 31.1 Å². The average Bonchev–Trinajstić information content (AvgIpc) is 2.12. The zero-order valence-electron chi connectivity index (χ0n) is 8.25. The predicted molar refractivity (Wildman–Crippen MR) is 48.3 cm³/mol. The van der Waals surface area contributed by atoms with E-state index in [0.717, 1.165) is 0 Å². The molecule has 0 amide bonds. The van der Waals surface area contributed by atoms with Gasteiger partial charge in [-0.2, -0.15) is 13.2 Å². The van der Waals surface area contributed by atoms with E-state index in [1.807, 2.05) is 0 Å². The van der Waals surface area contributed by atoms with Crippen LogP contribution in [0.4, 0.5) is 26.3 Å². The molecule has 0 atom stereocenters. The number of pyridine rings is 1. The lowest BCUT2D eigenvalue weighted by Crippen LogP contribution is -2.24. The van der Waals surface area contributed by atoms with Crippen molar-refractivity contribution < 1.29 is 31.1 Å². The molecular formula is C8H4ClF6NO2. The minimum atomic E-state index is -5.21. The van der Waals surface area contributed by atoms with E-state index in [4.69, 9.17) is 11.6 Å². The van der Waals surface area contributed by atoms with Crippen LogP contribution in [0.15, 0.2) is 10.9 Å².